The lowest BCUT2D eigenvalue weighted by molar-refractivity contribution is 0.0735. The van der Waals surface area contributed by atoms with Crippen LogP contribution < -0.4 is 10.6 Å². The van der Waals surface area contributed by atoms with Gasteiger partial charge in [-0.05, 0) is 73.6 Å². The van der Waals surface area contributed by atoms with Crippen LogP contribution in [0, 0.1) is 0 Å². The molecular weight excluding hydrogens is 472 g/mol. The van der Waals surface area contributed by atoms with Crippen LogP contribution in [0.25, 0.3) is 11.3 Å². The van der Waals surface area contributed by atoms with Crippen LogP contribution in [0.2, 0.25) is 0 Å². The highest BCUT2D eigenvalue weighted by atomic mass is 32.2. The predicted molar refractivity (Wildman–Crippen MR) is 140 cm³/mol. The molecule has 0 spiro atoms. The molecule has 7 nitrogen and oxygen atoms in total. The van der Waals surface area contributed by atoms with E-state index >= 15 is 0 Å². The molecule has 0 aliphatic carbocycles. The van der Waals surface area contributed by atoms with Crippen molar-refractivity contribution in [1.82, 2.24) is 15.2 Å². The highest BCUT2D eigenvalue weighted by molar-refractivity contribution is 7.99. The maximum Gasteiger partial charge on any atom is 0.289 e. The van der Waals surface area contributed by atoms with E-state index in [2.05, 4.69) is 15.6 Å². The van der Waals surface area contributed by atoms with Crippen LogP contribution in [-0.2, 0) is 0 Å². The Morgan fingerprint density at radius 1 is 0.917 bits per heavy atom. The SMILES string of the molecule is O=C(Nc1ccc(-c2ccc(C(=O)N3CCCNCC3)o2)cc1)c1cccnc1Sc1ccccc1. The third-order valence-electron chi connectivity index (χ3n) is 5.84. The lowest BCUT2D eigenvalue weighted by atomic mass is 10.1. The van der Waals surface area contributed by atoms with Gasteiger partial charge in [-0.2, -0.15) is 0 Å². The second kappa shape index (κ2) is 11.2. The van der Waals surface area contributed by atoms with Gasteiger partial charge in [-0.3, -0.25) is 9.59 Å². The zero-order chi connectivity index (χ0) is 24.7. The molecule has 2 aromatic carbocycles. The topological polar surface area (TPSA) is 87.5 Å². The molecule has 8 heteroatoms. The normalized spacial score (nSPS) is 13.7. The highest BCUT2D eigenvalue weighted by Crippen LogP contribution is 2.29. The van der Waals surface area contributed by atoms with E-state index in [1.54, 1.807) is 30.5 Å². The van der Waals surface area contributed by atoms with Crippen LogP contribution in [0.1, 0.15) is 27.3 Å². The van der Waals surface area contributed by atoms with Gasteiger partial charge in [0.2, 0.25) is 0 Å². The monoisotopic (exact) mass is 498 g/mol. The van der Waals surface area contributed by atoms with Gasteiger partial charge in [-0.25, -0.2) is 4.98 Å². The lowest BCUT2D eigenvalue weighted by Crippen LogP contribution is -2.33. The summed E-state index contributed by atoms with van der Waals surface area (Å²) in [4.78, 5) is 33.0. The van der Waals surface area contributed by atoms with Crippen molar-refractivity contribution in [3.63, 3.8) is 0 Å². The standard InChI is InChI=1S/C28H26N4O3S/c33-26(23-8-4-16-30-27(23)36-22-6-2-1-3-7-22)31-21-11-9-20(10-12-21)24-13-14-25(35-24)28(34)32-18-5-15-29-17-19-32/h1-4,6-14,16,29H,5,15,17-19H2,(H,31,33). The van der Waals surface area contributed by atoms with Crippen molar-refractivity contribution in [2.45, 2.75) is 16.3 Å². The molecule has 1 fully saturated rings. The number of aromatic nitrogens is 1. The molecule has 1 aliphatic rings. The molecule has 2 aromatic heterocycles. The van der Waals surface area contributed by atoms with Gasteiger partial charge in [0.25, 0.3) is 11.8 Å². The number of nitrogens with zero attached hydrogens (tertiary/aromatic N) is 2. The van der Waals surface area contributed by atoms with Crippen molar-refractivity contribution >= 4 is 29.3 Å². The van der Waals surface area contributed by atoms with Crippen LogP contribution in [0.5, 0.6) is 0 Å². The molecule has 2 N–H and O–H groups in total. The summed E-state index contributed by atoms with van der Waals surface area (Å²) < 4.78 is 5.88. The van der Waals surface area contributed by atoms with E-state index in [0.29, 0.717) is 34.3 Å². The molecule has 5 rings (SSSR count). The van der Waals surface area contributed by atoms with Gasteiger partial charge in [0.1, 0.15) is 10.8 Å². The van der Waals surface area contributed by atoms with Crippen LogP contribution in [0.4, 0.5) is 5.69 Å². The van der Waals surface area contributed by atoms with Crippen LogP contribution in [0.3, 0.4) is 0 Å². The van der Waals surface area contributed by atoms with E-state index in [-0.39, 0.29) is 11.8 Å². The number of amides is 2. The Kier molecular flexibility index (Phi) is 7.44. The van der Waals surface area contributed by atoms with E-state index in [0.717, 1.165) is 36.5 Å². The molecule has 0 radical (unpaired) electrons. The first kappa shape index (κ1) is 23.8. The van der Waals surface area contributed by atoms with Crippen molar-refractivity contribution in [2.75, 3.05) is 31.5 Å². The molecule has 36 heavy (non-hydrogen) atoms. The molecule has 182 valence electrons. The molecule has 0 bridgehead atoms. The second-order valence-corrected chi connectivity index (χ2v) is 9.42. The molecule has 0 unspecified atom stereocenters. The smallest absolute Gasteiger partial charge is 0.289 e. The Balaban J connectivity index is 1.26. The molecule has 2 amide bonds. The van der Waals surface area contributed by atoms with E-state index in [1.807, 2.05) is 59.5 Å². The summed E-state index contributed by atoms with van der Waals surface area (Å²) in [5, 5.41) is 6.89. The number of pyridine rings is 1. The third kappa shape index (κ3) is 5.67. The Morgan fingerprint density at radius 3 is 2.58 bits per heavy atom. The fourth-order valence-corrected chi connectivity index (χ4v) is 4.87. The first-order valence-electron chi connectivity index (χ1n) is 11.9. The number of benzene rings is 2. The molecule has 3 heterocycles. The summed E-state index contributed by atoms with van der Waals surface area (Å²) in [6, 6.07) is 24.2. The van der Waals surface area contributed by atoms with Crippen molar-refractivity contribution in [2.24, 2.45) is 0 Å². The Bertz CT molecular complexity index is 1330. The number of rotatable bonds is 6. The van der Waals surface area contributed by atoms with E-state index in [9.17, 15) is 9.59 Å². The van der Waals surface area contributed by atoms with Gasteiger partial charge in [0, 0.05) is 42.0 Å². The lowest BCUT2D eigenvalue weighted by Gasteiger charge is -2.18. The summed E-state index contributed by atoms with van der Waals surface area (Å²) in [6.45, 7) is 3.10. The molecule has 1 saturated heterocycles. The van der Waals surface area contributed by atoms with Crippen LogP contribution >= 0.6 is 11.8 Å². The minimum Gasteiger partial charge on any atom is -0.451 e. The summed E-state index contributed by atoms with van der Waals surface area (Å²) in [5.74, 6) is 0.629. The van der Waals surface area contributed by atoms with E-state index in [4.69, 9.17) is 4.42 Å². The van der Waals surface area contributed by atoms with Gasteiger partial charge in [0.05, 0.1) is 5.56 Å². The minimum absolute atomic E-state index is 0.0884. The molecule has 1 aliphatic heterocycles. The first-order chi connectivity index (χ1) is 17.7. The molecule has 0 saturated carbocycles. The Morgan fingerprint density at radius 2 is 1.75 bits per heavy atom. The minimum atomic E-state index is -0.230. The molecule has 0 atom stereocenters. The fraction of sp³-hybridized carbons (Fsp3) is 0.179. The fourth-order valence-electron chi connectivity index (χ4n) is 3.97. The van der Waals surface area contributed by atoms with Crippen molar-refractivity contribution < 1.29 is 14.0 Å². The number of carbonyl (C=O) groups is 2. The number of anilines is 1. The largest absolute Gasteiger partial charge is 0.451 e. The molecular formula is C28H26N4O3S. The summed E-state index contributed by atoms with van der Waals surface area (Å²) in [7, 11) is 0. The van der Waals surface area contributed by atoms with E-state index < -0.39 is 0 Å². The van der Waals surface area contributed by atoms with Crippen molar-refractivity contribution in [1.29, 1.82) is 0 Å². The second-order valence-electron chi connectivity index (χ2n) is 8.36. The molecule has 4 aromatic rings. The van der Waals surface area contributed by atoms with Crippen molar-refractivity contribution in [3.05, 3.63) is 96.4 Å². The summed E-state index contributed by atoms with van der Waals surface area (Å²) >= 11 is 1.45. The maximum absolute atomic E-state index is 13.0. The van der Waals surface area contributed by atoms with Crippen LogP contribution in [0.15, 0.2) is 99.4 Å². The maximum atomic E-state index is 13.0. The van der Waals surface area contributed by atoms with Gasteiger partial charge in [0.15, 0.2) is 5.76 Å². The number of nitrogens with one attached hydrogen (secondary N) is 2. The first-order valence-corrected chi connectivity index (χ1v) is 12.7. The number of carbonyl (C=O) groups excluding carboxylic acids is 2. The quantitative estimate of drug-likeness (QED) is 0.381. The zero-order valence-electron chi connectivity index (χ0n) is 19.6. The highest BCUT2D eigenvalue weighted by Gasteiger charge is 2.21. The average molecular weight is 499 g/mol. The summed E-state index contributed by atoms with van der Waals surface area (Å²) in [5.41, 5.74) is 1.99. The van der Waals surface area contributed by atoms with Gasteiger partial charge in [-0.15, -0.1) is 0 Å². The average Bonchev–Trinajstić information content (AvgIpc) is 3.25. The predicted octanol–water partition coefficient (Wildman–Crippen LogP) is 5.18. The zero-order valence-corrected chi connectivity index (χ0v) is 20.5. The van der Waals surface area contributed by atoms with Gasteiger partial charge >= 0.3 is 0 Å². The number of hydrogen-bond donors (Lipinski definition) is 2. The third-order valence-corrected chi connectivity index (χ3v) is 6.87. The van der Waals surface area contributed by atoms with E-state index in [1.165, 1.54) is 11.8 Å². The number of furan rings is 1. The van der Waals surface area contributed by atoms with Crippen LogP contribution in [-0.4, -0.2) is 47.9 Å². The number of hydrogen-bond acceptors (Lipinski definition) is 6. The van der Waals surface area contributed by atoms with Gasteiger partial charge < -0.3 is 20.0 Å². The van der Waals surface area contributed by atoms with Gasteiger partial charge in [-0.1, -0.05) is 30.0 Å². The van der Waals surface area contributed by atoms with Crippen molar-refractivity contribution in [3.8, 4) is 11.3 Å². The Hall–Kier alpha value is -3.88. The summed E-state index contributed by atoms with van der Waals surface area (Å²) in [6.07, 6.45) is 2.61. The Labute approximate surface area is 213 Å².